The average molecular weight is 213 g/mol. The molecule has 1 N–H and O–H groups in total. The summed E-state index contributed by atoms with van der Waals surface area (Å²) in [5.74, 6) is 1.01. The summed E-state index contributed by atoms with van der Waals surface area (Å²) < 4.78 is 5.59. The van der Waals surface area contributed by atoms with E-state index in [1.807, 2.05) is 0 Å². The fourth-order valence-corrected chi connectivity index (χ4v) is 1.66. The highest BCUT2D eigenvalue weighted by molar-refractivity contribution is 4.72. The van der Waals surface area contributed by atoms with Crippen LogP contribution in [0.5, 0.6) is 0 Å². The Balaban J connectivity index is 1.65. The second-order valence-electron chi connectivity index (χ2n) is 5.01. The van der Waals surface area contributed by atoms with Gasteiger partial charge in [0.25, 0.3) is 0 Å². The maximum absolute atomic E-state index is 5.59. The molecule has 0 aromatic carbocycles. The smallest absolute Gasteiger partial charge is 0.0468 e. The summed E-state index contributed by atoms with van der Waals surface area (Å²) in [5, 5.41) is 3.43. The van der Waals surface area contributed by atoms with Crippen LogP contribution >= 0.6 is 0 Å². The van der Waals surface area contributed by atoms with Gasteiger partial charge in [-0.1, -0.05) is 26.7 Å². The lowest BCUT2D eigenvalue weighted by molar-refractivity contribution is 0.124. The molecule has 0 amide bonds. The molecule has 1 aliphatic carbocycles. The van der Waals surface area contributed by atoms with Gasteiger partial charge in [-0.15, -0.1) is 0 Å². The fourth-order valence-electron chi connectivity index (χ4n) is 1.66. The van der Waals surface area contributed by atoms with Gasteiger partial charge in [-0.3, -0.25) is 0 Å². The molecule has 2 heteroatoms. The van der Waals surface area contributed by atoms with E-state index in [-0.39, 0.29) is 0 Å². The first-order chi connectivity index (χ1) is 7.29. The number of hydrogen-bond acceptors (Lipinski definition) is 2. The molecule has 0 aliphatic heterocycles. The minimum atomic E-state index is 0.625. The SMILES string of the molecule is CC(C)NCCCCCOCCC1CC1. The van der Waals surface area contributed by atoms with Crippen molar-refractivity contribution in [2.24, 2.45) is 5.92 Å². The molecule has 0 atom stereocenters. The normalized spacial score (nSPS) is 16.2. The van der Waals surface area contributed by atoms with Gasteiger partial charge < -0.3 is 10.1 Å². The van der Waals surface area contributed by atoms with Gasteiger partial charge in [0.1, 0.15) is 0 Å². The molecule has 0 spiro atoms. The molecular formula is C13H27NO. The topological polar surface area (TPSA) is 21.3 Å². The quantitative estimate of drug-likeness (QED) is 0.563. The van der Waals surface area contributed by atoms with Crippen LogP contribution in [0.15, 0.2) is 0 Å². The van der Waals surface area contributed by atoms with E-state index in [2.05, 4.69) is 19.2 Å². The Morgan fingerprint density at radius 3 is 2.60 bits per heavy atom. The minimum absolute atomic E-state index is 0.625. The Labute approximate surface area is 94.8 Å². The minimum Gasteiger partial charge on any atom is -0.381 e. The highest BCUT2D eigenvalue weighted by atomic mass is 16.5. The number of nitrogens with one attached hydrogen (secondary N) is 1. The highest BCUT2D eigenvalue weighted by Gasteiger charge is 2.20. The molecule has 1 saturated carbocycles. The Bertz CT molecular complexity index is 135. The molecular weight excluding hydrogens is 186 g/mol. The van der Waals surface area contributed by atoms with Gasteiger partial charge in [0.15, 0.2) is 0 Å². The molecule has 0 aromatic rings. The Hall–Kier alpha value is -0.0800. The Morgan fingerprint density at radius 2 is 1.93 bits per heavy atom. The van der Waals surface area contributed by atoms with E-state index < -0.39 is 0 Å². The third-order valence-corrected chi connectivity index (χ3v) is 2.89. The lowest BCUT2D eigenvalue weighted by atomic mass is 10.2. The van der Waals surface area contributed by atoms with Gasteiger partial charge in [0, 0.05) is 19.3 Å². The summed E-state index contributed by atoms with van der Waals surface area (Å²) in [5.41, 5.74) is 0. The third-order valence-electron chi connectivity index (χ3n) is 2.89. The van der Waals surface area contributed by atoms with Crippen molar-refractivity contribution in [3.8, 4) is 0 Å². The average Bonchev–Trinajstić information content (AvgIpc) is 2.98. The summed E-state index contributed by atoms with van der Waals surface area (Å²) in [6, 6.07) is 0.625. The van der Waals surface area contributed by atoms with Crippen molar-refractivity contribution < 1.29 is 4.74 Å². The van der Waals surface area contributed by atoms with Gasteiger partial charge in [-0.05, 0) is 38.1 Å². The Kier molecular flexibility index (Phi) is 7.03. The first-order valence-electron chi connectivity index (χ1n) is 6.60. The molecule has 0 aromatic heterocycles. The fraction of sp³-hybridized carbons (Fsp3) is 1.00. The molecule has 0 unspecified atom stereocenters. The van der Waals surface area contributed by atoms with Crippen LogP contribution in [-0.4, -0.2) is 25.8 Å². The molecule has 0 radical (unpaired) electrons. The summed E-state index contributed by atoms with van der Waals surface area (Å²) in [4.78, 5) is 0. The van der Waals surface area contributed by atoms with Crippen molar-refractivity contribution >= 4 is 0 Å². The van der Waals surface area contributed by atoms with Gasteiger partial charge in [-0.2, -0.15) is 0 Å². The predicted octanol–water partition coefficient (Wildman–Crippen LogP) is 2.97. The van der Waals surface area contributed by atoms with E-state index in [0.717, 1.165) is 25.7 Å². The van der Waals surface area contributed by atoms with Crippen LogP contribution in [-0.2, 0) is 4.74 Å². The van der Waals surface area contributed by atoms with E-state index in [1.54, 1.807) is 0 Å². The summed E-state index contributed by atoms with van der Waals surface area (Å²) >= 11 is 0. The van der Waals surface area contributed by atoms with Crippen LogP contribution < -0.4 is 5.32 Å². The van der Waals surface area contributed by atoms with Crippen molar-refractivity contribution in [2.45, 2.75) is 58.4 Å². The number of rotatable bonds is 10. The summed E-state index contributed by atoms with van der Waals surface area (Å²) in [7, 11) is 0. The van der Waals surface area contributed by atoms with Crippen molar-refractivity contribution in [1.29, 1.82) is 0 Å². The van der Waals surface area contributed by atoms with Crippen LogP contribution in [0.3, 0.4) is 0 Å². The Morgan fingerprint density at radius 1 is 1.13 bits per heavy atom. The lowest BCUT2D eigenvalue weighted by Crippen LogP contribution is -2.23. The standard InChI is InChI=1S/C13H27NO/c1-12(2)14-9-4-3-5-10-15-11-8-13-6-7-13/h12-14H,3-11H2,1-2H3. The molecule has 1 rings (SSSR count). The van der Waals surface area contributed by atoms with Crippen LogP contribution in [0.25, 0.3) is 0 Å². The van der Waals surface area contributed by atoms with Crippen LogP contribution in [0, 0.1) is 5.92 Å². The van der Waals surface area contributed by atoms with Crippen molar-refractivity contribution in [1.82, 2.24) is 5.32 Å². The van der Waals surface area contributed by atoms with Crippen LogP contribution in [0.1, 0.15) is 52.4 Å². The monoisotopic (exact) mass is 213 g/mol. The zero-order chi connectivity index (χ0) is 10.9. The van der Waals surface area contributed by atoms with Crippen molar-refractivity contribution in [3.63, 3.8) is 0 Å². The number of ether oxygens (including phenoxy) is 1. The largest absolute Gasteiger partial charge is 0.381 e. The maximum Gasteiger partial charge on any atom is 0.0468 e. The van der Waals surface area contributed by atoms with E-state index >= 15 is 0 Å². The van der Waals surface area contributed by atoms with E-state index in [4.69, 9.17) is 4.74 Å². The van der Waals surface area contributed by atoms with Gasteiger partial charge in [-0.25, -0.2) is 0 Å². The van der Waals surface area contributed by atoms with Crippen LogP contribution in [0.2, 0.25) is 0 Å². The molecule has 2 nitrogen and oxygen atoms in total. The molecule has 0 heterocycles. The molecule has 0 saturated heterocycles. The zero-order valence-corrected chi connectivity index (χ0v) is 10.4. The van der Waals surface area contributed by atoms with E-state index in [9.17, 15) is 0 Å². The van der Waals surface area contributed by atoms with Gasteiger partial charge in [0.2, 0.25) is 0 Å². The summed E-state index contributed by atoms with van der Waals surface area (Å²) in [6.07, 6.45) is 8.00. The third kappa shape index (κ3) is 8.88. The van der Waals surface area contributed by atoms with Gasteiger partial charge >= 0.3 is 0 Å². The number of hydrogen-bond donors (Lipinski definition) is 1. The summed E-state index contributed by atoms with van der Waals surface area (Å²) in [6.45, 7) is 7.50. The molecule has 1 fully saturated rings. The molecule has 0 bridgehead atoms. The first-order valence-corrected chi connectivity index (χ1v) is 6.60. The van der Waals surface area contributed by atoms with E-state index in [1.165, 1.54) is 38.5 Å². The number of unbranched alkanes of at least 4 members (excludes halogenated alkanes) is 2. The molecule has 1 aliphatic rings. The second-order valence-corrected chi connectivity index (χ2v) is 5.01. The first kappa shape index (κ1) is 13.0. The lowest BCUT2D eigenvalue weighted by Gasteiger charge is -2.07. The van der Waals surface area contributed by atoms with Gasteiger partial charge in [0.05, 0.1) is 0 Å². The molecule has 15 heavy (non-hydrogen) atoms. The van der Waals surface area contributed by atoms with Crippen LogP contribution in [0.4, 0.5) is 0 Å². The second kappa shape index (κ2) is 8.12. The predicted molar refractivity (Wildman–Crippen MR) is 65.1 cm³/mol. The maximum atomic E-state index is 5.59. The van der Waals surface area contributed by atoms with E-state index in [0.29, 0.717) is 6.04 Å². The van der Waals surface area contributed by atoms with Crippen molar-refractivity contribution in [2.75, 3.05) is 19.8 Å². The zero-order valence-electron chi connectivity index (χ0n) is 10.4. The molecule has 90 valence electrons. The van der Waals surface area contributed by atoms with Crippen molar-refractivity contribution in [3.05, 3.63) is 0 Å². The highest BCUT2D eigenvalue weighted by Crippen LogP contribution is 2.32.